The Hall–Kier alpha value is -3.67. The number of Topliss-reactive ketones (excluding diaryl/α,β-unsaturated/α-hetero) is 1. The second kappa shape index (κ2) is 6.45. The molecule has 25 heavy (non-hydrogen) atoms. The molecule has 3 N–H and O–H groups in total. The highest BCUT2D eigenvalue weighted by atomic mass is 16.4. The van der Waals surface area contributed by atoms with Gasteiger partial charge in [0.25, 0.3) is 11.7 Å². The summed E-state index contributed by atoms with van der Waals surface area (Å²) in [6, 6.07) is 15.2. The van der Waals surface area contributed by atoms with Crippen LogP contribution in [0.2, 0.25) is 0 Å². The van der Waals surface area contributed by atoms with Crippen molar-refractivity contribution in [3.05, 3.63) is 71.8 Å². The highest BCUT2D eigenvalue weighted by Crippen LogP contribution is 2.24. The van der Waals surface area contributed by atoms with E-state index in [-0.39, 0.29) is 22.6 Å². The van der Waals surface area contributed by atoms with Crippen molar-refractivity contribution in [3.8, 4) is 5.75 Å². The molecule has 3 aromatic carbocycles. The number of hydrogen-bond donors (Lipinski definition) is 3. The minimum Gasteiger partial charge on any atom is -0.508 e. The van der Waals surface area contributed by atoms with Gasteiger partial charge in [0.05, 0.1) is 11.3 Å². The standard InChI is InChI=1S/C19H13NO5/c21-12-9-8-11-4-3-6-13(15(11)10-12)17(22)18(23)20-16-7-2-1-5-14(16)19(24)25/h1-10,21H,(H,20,23)(H,24,25). The molecule has 0 aliphatic rings. The normalized spacial score (nSPS) is 10.4. The molecule has 0 spiro atoms. The first-order valence-electron chi connectivity index (χ1n) is 7.37. The summed E-state index contributed by atoms with van der Waals surface area (Å²) in [5.74, 6) is -3.01. The smallest absolute Gasteiger partial charge is 0.337 e. The van der Waals surface area contributed by atoms with Crippen LogP contribution >= 0.6 is 0 Å². The number of aromatic carboxylic acids is 1. The van der Waals surface area contributed by atoms with Gasteiger partial charge in [-0.3, -0.25) is 9.59 Å². The highest BCUT2D eigenvalue weighted by Gasteiger charge is 2.21. The number of carbonyl (C=O) groups excluding carboxylic acids is 2. The van der Waals surface area contributed by atoms with Crippen molar-refractivity contribution in [1.82, 2.24) is 0 Å². The van der Waals surface area contributed by atoms with Crippen LogP contribution in [0.4, 0.5) is 5.69 Å². The molecule has 0 atom stereocenters. The van der Waals surface area contributed by atoms with Crippen molar-refractivity contribution < 1.29 is 24.6 Å². The second-order valence-electron chi connectivity index (χ2n) is 5.34. The van der Waals surface area contributed by atoms with Crippen molar-refractivity contribution in [3.63, 3.8) is 0 Å². The van der Waals surface area contributed by atoms with Crippen molar-refractivity contribution in [2.24, 2.45) is 0 Å². The van der Waals surface area contributed by atoms with E-state index in [1.54, 1.807) is 24.3 Å². The molecule has 0 saturated heterocycles. The molecule has 1 amide bonds. The van der Waals surface area contributed by atoms with Crippen LogP contribution in [0.25, 0.3) is 10.8 Å². The van der Waals surface area contributed by atoms with E-state index < -0.39 is 17.7 Å². The number of fused-ring (bicyclic) bond motifs is 1. The Morgan fingerprint density at radius 2 is 1.56 bits per heavy atom. The van der Waals surface area contributed by atoms with Crippen molar-refractivity contribution >= 4 is 34.1 Å². The van der Waals surface area contributed by atoms with Gasteiger partial charge in [-0.05, 0) is 35.0 Å². The molecule has 6 heteroatoms. The Balaban J connectivity index is 1.96. The van der Waals surface area contributed by atoms with E-state index in [0.29, 0.717) is 10.8 Å². The zero-order valence-electron chi connectivity index (χ0n) is 12.9. The number of carboxylic acids is 1. The molecule has 0 saturated carbocycles. The summed E-state index contributed by atoms with van der Waals surface area (Å²) in [7, 11) is 0. The Kier molecular flexibility index (Phi) is 4.18. The number of anilines is 1. The lowest BCUT2D eigenvalue weighted by Crippen LogP contribution is -2.24. The third-order valence-corrected chi connectivity index (χ3v) is 3.72. The first-order chi connectivity index (χ1) is 12.0. The van der Waals surface area contributed by atoms with Gasteiger partial charge < -0.3 is 15.5 Å². The number of nitrogens with one attached hydrogen (secondary N) is 1. The van der Waals surface area contributed by atoms with Crippen LogP contribution in [0.3, 0.4) is 0 Å². The first-order valence-corrected chi connectivity index (χ1v) is 7.37. The molecule has 3 rings (SSSR count). The van der Waals surface area contributed by atoms with Crippen LogP contribution in [-0.2, 0) is 4.79 Å². The molecule has 0 radical (unpaired) electrons. The summed E-state index contributed by atoms with van der Waals surface area (Å²) in [6.07, 6.45) is 0. The lowest BCUT2D eigenvalue weighted by Gasteiger charge is -2.09. The van der Waals surface area contributed by atoms with Crippen LogP contribution in [0.15, 0.2) is 60.7 Å². The number of hydrogen-bond acceptors (Lipinski definition) is 4. The van der Waals surface area contributed by atoms with Crippen LogP contribution in [0, 0.1) is 0 Å². The van der Waals surface area contributed by atoms with Crippen LogP contribution in [0.1, 0.15) is 20.7 Å². The Morgan fingerprint density at radius 3 is 2.32 bits per heavy atom. The predicted molar refractivity (Wildman–Crippen MR) is 92.0 cm³/mol. The fourth-order valence-electron chi connectivity index (χ4n) is 2.54. The van der Waals surface area contributed by atoms with Crippen LogP contribution in [-0.4, -0.2) is 27.9 Å². The van der Waals surface area contributed by atoms with E-state index in [0.717, 1.165) is 0 Å². The van der Waals surface area contributed by atoms with Gasteiger partial charge in [-0.2, -0.15) is 0 Å². The lowest BCUT2D eigenvalue weighted by atomic mass is 10.0. The zero-order chi connectivity index (χ0) is 18.0. The third kappa shape index (κ3) is 3.18. The summed E-state index contributed by atoms with van der Waals surface area (Å²) in [5, 5.41) is 22.2. The van der Waals surface area contributed by atoms with Gasteiger partial charge >= 0.3 is 5.97 Å². The monoisotopic (exact) mass is 335 g/mol. The Morgan fingerprint density at radius 1 is 0.840 bits per heavy atom. The maximum Gasteiger partial charge on any atom is 0.337 e. The van der Waals surface area contributed by atoms with Gasteiger partial charge in [-0.15, -0.1) is 0 Å². The predicted octanol–water partition coefficient (Wildman–Crippen LogP) is 3.07. The number of amides is 1. The van der Waals surface area contributed by atoms with E-state index >= 15 is 0 Å². The van der Waals surface area contributed by atoms with Crippen molar-refractivity contribution in [1.29, 1.82) is 0 Å². The summed E-state index contributed by atoms with van der Waals surface area (Å²) in [4.78, 5) is 36.0. The minimum atomic E-state index is -1.21. The SMILES string of the molecule is O=C(Nc1ccccc1C(=O)O)C(=O)c1cccc2ccc(O)cc12. The number of benzene rings is 3. The fraction of sp³-hybridized carbons (Fsp3) is 0. The van der Waals surface area contributed by atoms with E-state index in [4.69, 9.17) is 5.11 Å². The maximum atomic E-state index is 12.5. The third-order valence-electron chi connectivity index (χ3n) is 3.72. The number of aromatic hydroxyl groups is 1. The van der Waals surface area contributed by atoms with Gasteiger partial charge in [0.1, 0.15) is 5.75 Å². The number of phenolic OH excluding ortho intramolecular Hbond substituents is 1. The average Bonchev–Trinajstić information content (AvgIpc) is 2.60. The summed E-state index contributed by atoms with van der Waals surface area (Å²) < 4.78 is 0. The molecule has 0 aromatic heterocycles. The summed E-state index contributed by atoms with van der Waals surface area (Å²) in [6.45, 7) is 0. The van der Waals surface area contributed by atoms with E-state index in [1.165, 1.54) is 36.4 Å². The highest BCUT2D eigenvalue weighted by molar-refractivity contribution is 6.48. The summed E-state index contributed by atoms with van der Waals surface area (Å²) >= 11 is 0. The molecule has 0 fully saturated rings. The van der Waals surface area contributed by atoms with Crippen LogP contribution < -0.4 is 5.32 Å². The molecule has 3 aromatic rings. The van der Waals surface area contributed by atoms with Gasteiger partial charge in [-0.1, -0.05) is 36.4 Å². The molecule has 0 unspecified atom stereocenters. The zero-order valence-corrected chi connectivity index (χ0v) is 12.9. The molecule has 0 bridgehead atoms. The van der Waals surface area contributed by atoms with Crippen molar-refractivity contribution in [2.45, 2.75) is 0 Å². The first kappa shape index (κ1) is 16.2. The fourth-order valence-corrected chi connectivity index (χ4v) is 2.54. The summed E-state index contributed by atoms with van der Waals surface area (Å²) in [5.41, 5.74) is 0.0503. The van der Waals surface area contributed by atoms with Gasteiger partial charge in [0, 0.05) is 5.56 Å². The largest absolute Gasteiger partial charge is 0.508 e. The molecular weight excluding hydrogens is 322 g/mol. The molecule has 124 valence electrons. The minimum absolute atomic E-state index is 0.0237. The van der Waals surface area contributed by atoms with Gasteiger partial charge in [0.2, 0.25) is 0 Å². The van der Waals surface area contributed by atoms with E-state index in [9.17, 15) is 19.5 Å². The number of rotatable bonds is 4. The second-order valence-corrected chi connectivity index (χ2v) is 5.34. The van der Waals surface area contributed by atoms with Crippen LogP contribution in [0.5, 0.6) is 5.75 Å². The van der Waals surface area contributed by atoms with E-state index in [1.807, 2.05) is 0 Å². The Bertz CT molecular complexity index is 1010. The van der Waals surface area contributed by atoms with Gasteiger partial charge in [0.15, 0.2) is 0 Å². The topological polar surface area (TPSA) is 104 Å². The molecule has 0 heterocycles. The number of phenols is 1. The molecule has 0 aliphatic carbocycles. The molecule has 0 aliphatic heterocycles. The molecular formula is C19H13NO5. The average molecular weight is 335 g/mol. The molecule has 6 nitrogen and oxygen atoms in total. The van der Waals surface area contributed by atoms with Gasteiger partial charge in [-0.25, -0.2) is 4.79 Å². The van der Waals surface area contributed by atoms with Crippen molar-refractivity contribution in [2.75, 3.05) is 5.32 Å². The quantitative estimate of drug-likeness (QED) is 0.502. The maximum absolute atomic E-state index is 12.5. The number of para-hydroxylation sites is 1. The lowest BCUT2D eigenvalue weighted by molar-refractivity contribution is -0.112. The number of carbonyl (C=O) groups is 3. The number of ketones is 1. The Labute approximate surface area is 142 Å². The van der Waals surface area contributed by atoms with E-state index in [2.05, 4.69) is 5.32 Å². The number of carboxylic acid groups (broad SMARTS) is 1.